The Balaban J connectivity index is 2.23. The lowest BCUT2D eigenvalue weighted by atomic mass is 10.0. The highest BCUT2D eigenvalue weighted by molar-refractivity contribution is 7.46. The topological polar surface area (TPSA) is 171 Å². The first-order valence-corrected chi connectivity index (χ1v) is 7.64. The van der Waals surface area contributed by atoms with E-state index in [1.807, 2.05) is 4.98 Å². The maximum Gasteiger partial charge on any atom is 0.469 e. The molecule has 0 aromatic carbocycles. The fourth-order valence-corrected chi connectivity index (χ4v) is 2.44. The molecule has 0 aliphatic carbocycles. The number of nitrogens with zero attached hydrogens (tertiary/aromatic N) is 1. The van der Waals surface area contributed by atoms with Gasteiger partial charge >= 0.3 is 13.5 Å². The molecule has 0 bridgehead atoms. The number of rotatable bonds is 4. The van der Waals surface area contributed by atoms with E-state index < -0.39 is 50.1 Å². The molecule has 1 fully saturated rings. The van der Waals surface area contributed by atoms with Gasteiger partial charge in [0, 0.05) is 13.2 Å². The van der Waals surface area contributed by atoms with Crippen molar-refractivity contribution in [1.82, 2.24) is 9.55 Å². The number of hydrogen-bond donors (Lipinski definition) is 5. The molecular weight excluding hydrogens is 323 g/mol. The Hall–Kier alpha value is -1.33. The summed E-state index contributed by atoms with van der Waals surface area (Å²) in [4.78, 5) is 42.3. The highest BCUT2D eigenvalue weighted by Crippen LogP contribution is 2.38. The highest BCUT2D eigenvalue weighted by Gasteiger charge is 2.45. The van der Waals surface area contributed by atoms with Crippen LogP contribution in [0.4, 0.5) is 0 Å². The molecule has 5 N–H and O–H groups in total. The maximum atomic E-state index is 11.8. The van der Waals surface area contributed by atoms with Crippen LogP contribution in [0.15, 0.2) is 15.8 Å². The van der Waals surface area contributed by atoms with Crippen LogP contribution in [0.5, 0.6) is 0 Å². The lowest BCUT2D eigenvalue weighted by molar-refractivity contribution is -0.0229. The Morgan fingerprint density at radius 1 is 1.36 bits per heavy atom. The second kappa shape index (κ2) is 6.05. The molecule has 1 aliphatic heterocycles. The van der Waals surface area contributed by atoms with E-state index in [2.05, 4.69) is 4.52 Å². The van der Waals surface area contributed by atoms with Gasteiger partial charge in [0.15, 0.2) is 0 Å². The molecule has 1 aliphatic rings. The third-order valence-electron chi connectivity index (χ3n) is 3.21. The van der Waals surface area contributed by atoms with Crippen molar-refractivity contribution in [2.24, 2.45) is 7.05 Å². The van der Waals surface area contributed by atoms with Crippen LogP contribution in [0.1, 0.15) is 11.7 Å². The summed E-state index contributed by atoms with van der Waals surface area (Å²) in [6.07, 6.45) is -4.41. The average molecular weight is 338 g/mol. The number of phosphoric acid groups is 1. The first-order chi connectivity index (χ1) is 10.1. The average Bonchev–Trinajstić information content (AvgIpc) is 2.68. The van der Waals surface area contributed by atoms with Crippen molar-refractivity contribution in [3.8, 4) is 0 Å². The van der Waals surface area contributed by atoms with Gasteiger partial charge < -0.3 is 29.3 Å². The van der Waals surface area contributed by atoms with Gasteiger partial charge in [-0.05, 0) is 0 Å². The number of H-pyrrole nitrogens is 1. The van der Waals surface area contributed by atoms with Crippen LogP contribution in [-0.2, 0) is 20.9 Å². The van der Waals surface area contributed by atoms with Crippen LogP contribution >= 0.6 is 7.82 Å². The number of aryl methyl sites for hydroxylation is 1. The van der Waals surface area contributed by atoms with Gasteiger partial charge in [0.1, 0.15) is 24.4 Å². The van der Waals surface area contributed by atoms with Crippen molar-refractivity contribution in [1.29, 1.82) is 0 Å². The number of aromatic nitrogens is 2. The lowest BCUT2D eigenvalue weighted by Gasteiger charge is -2.14. The molecule has 2 heterocycles. The van der Waals surface area contributed by atoms with Crippen molar-refractivity contribution >= 4 is 7.82 Å². The van der Waals surface area contributed by atoms with E-state index in [4.69, 9.17) is 14.5 Å². The zero-order valence-corrected chi connectivity index (χ0v) is 12.2. The van der Waals surface area contributed by atoms with Crippen molar-refractivity contribution in [3.05, 3.63) is 32.6 Å². The summed E-state index contributed by atoms with van der Waals surface area (Å²) >= 11 is 0. The van der Waals surface area contributed by atoms with E-state index >= 15 is 0 Å². The van der Waals surface area contributed by atoms with Crippen LogP contribution in [-0.4, -0.2) is 54.5 Å². The third kappa shape index (κ3) is 3.52. The molecule has 22 heavy (non-hydrogen) atoms. The van der Waals surface area contributed by atoms with Gasteiger partial charge in [-0.25, -0.2) is 9.36 Å². The van der Waals surface area contributed by atoms with E-state index in [9.17, 15) is 24.4 Å². The number of ether oxygens (including phenoxy) is 1. The van der Waals surface area contributed by atoms with Crippen LogP contribution in [0.3, 0.4) is 0 Å². The second-order valence-corrected chi connectivity index (χ2v) is 6.06. The van der Waals surface area contributed by atoms with Crippen LogP contribution in [0.2, 0.25) is 0 Å². The maximum absolute atomic E-state index is 11.8. The van der Waals surface area contributed by atoms with E-state index in [1.54, 1.807) is 0 Å². The number of aliphatic hydroxyl groups excluding tert-OH is 2. The van der Waals surface area contributed by atoms with Crippen LogP contribution in [0.25, 0.3) is 0 Å². The summed E-state index contributed by atoms with van der Waals surface area (Å²) in [7, 11) is -3.40. The minimum atomic E-state index is -4.77. The zero-order chi connectivity index (χ0) is 16.7. The predicted molar refractivity (Wildman–Crippen MR) is 69.9 cm³/mol. The monoisotopic (exact) mass is 338 g/mol. The van der Waals surface area contributed by atoms with E-state index in [-0.39, 0.29) is 5.56 Å². The third-order valence-corrected chi connectivity index (χ3v) is 3.70. The van der Waals surface area contributed by atoms with Gasteiger partial charge in [0.05, 0.1) is 12.2 Å². The molecule has 1 saturated heterocycles. The van der Waals surface area contributed by atoms with Gasteiger partial charge in [-0.1, -0.05) is 0 Å². The smallest absolute Gasteiger partial charge is 0.387 e. The number of hydrogen-bond acceptors (Lipinski definition) is 7. The Bertz CT molecular complexity index is 707. The molecule has 2 rings (SSSR count). The van der Waals surface area contributed by atoms with Gasteiger partial charge in [-0.3, -0.25) is 14.3 Å². The van der Waals surface area contributed by atoms with Gasteiger partial charge in [0.2, 0.25) is 0 Å². The van der Waals surface area contributed by atoms with Crippen molar-refractivity contribution < 1.29 is 33.8 Å². The number of aliphatic hydroxyl groups is 2. The predicted octanol–water partition coefficient (Wildman–Crippen LogP) is -2.66. The summed E-state index contributed by atoms with van der Waals surface area (Å²) in [5.41, 5.74) is -1.56. The molecule has 1 aromatic heterocycles. The Kier molecular flexibility index (Phi) is 4.68. The first-order valence-electron chi connectivity index (χ1n) is 6.11. The Morgan fingerprint density at radius 3 is 2.59 bits per heavy atom. The fourth-order valence-electron chi connectivity index (χ4n) is 2.10. The SMILES string of the molecule is Cn1cc([C@@H]2OC(COP(=O)(O)O)C(O)[C@H]2O)c(=O)[nH]c1=O. The molecule has 124 valence electrons. The fraction of sp³-hybridized carbons (Fsp3) is 0.600. The largest absolute Gasteiger partial charge is 0.469 e. The summed E-state index contributed by atoms with van der Waals surface area (Å²) in [6.45, 7) is -0.678. The molecule has 2 unspecified atom stereocenters. The van der Waals surface area contributed by atoms with E-state index in [1.165, 1.54) is 7.05 Å². The van der Waals surface area contributed by atoms with E-state index in [0.29, 0.717) is 0 Å². The van der Waals surface area contributed by atoms with Gasteiger partial charge in [-0.15, -0.1) is 0 Å². The summed E-state index contributed by atoms with van der Waals surface area (Å²) in [5, 5.41) is 19.7. The Morgan fingerprint density at radius 2 is 2.00 bits per heavy atom. The van der Waals surface area contributed by atoms with Crippen molar-refractivity contribution in [2.45, 2.75) is 24.4 Å². The highest BCUT2D eigenvalue weighted by atomic mass is 31.2. The number of nitrogens with one attached hydrogen (secondary N) is 1. The molecule has 1 aromatic rings. The van der Waals surface area contributed by atoms with Crippen molar-refractivity contribution in [2.75, 3.05) is 6.61 Å². The molecule has 0 amide bonds. The van der Waals surface area contributed by atoms with E-state index in [0.717, 1.165) is 10.8 Å². The molecule has 0 spiro atoms. The minimum absolute atomic E-state index is 0.104. The normalized spacial score (nSPS) is 29.0. The zero-order valence-electron chi connectivity index (χ0n) is 11.3. The van der Waals surface area contributed by atoms with Gasteiger partial charge in [-0.2, -0.15) is 0 Å². The minimum Gasteiger partial charge on any atom is -0.387 e. The van der Waals surface area contributed by atoms with Gasteiger partial charge in [0.25, 0.3) is 5.56 Å². The summed E-state index contributed by atoms with van der Waals surface area (Å²) in [5.74, 6) is 0. The molecule has 0 radical (unpaired) electrons. The number of phosphoric ester groups is 1. The first kappa shape index (κ1) is 17.0. The molecule has 0 saturated carbocycles. The lowest BCUT2D eigenvalue weighted by Crippen LogP contribution is -2.35. The summed E-state index contributed by atoms with van der Waals surface area (Å²) in [6, 6.07) is 0. The van der Waals surface area contributed by atoms with Crippen molar-refractivity contribution in [3.63, 3.8) is 0 Å². The molecule has 11 nitrogen and oxygen atoms in total. The molecule has 12 heteroatoms. The van der Waals surface area contributed by atoms with Crippen LogP contribution in [0, 0.1) is 0 Å². The standard InChI is InChI=1S/C10H15N2O9P/c1-12-2-4(9(15)11-10(12)16)8-7(14)6(13)5(21-8)3-20-22(17,18)19/h2,5-8,13-14H,3H2,1H3,(H,11,15,16)(H2,17,18,19)/t5?,6?,7-,8+/m1/s1. The quantitative estimate of drug-likeness (QED) is 0.367. The Labute approximate surface area is 123 Å². The second-order valence-electron chi connectivity index (χ2n) is 4.82. The summed E-state index contributed by atoms with van der Waals surface area (Å²) < 4.78 is 21.2. The molecular formula is C10H15N2O9P. The van der Waals surface area contributed by atoms with Crippen LogP contribution < -0.4 is 11.2 Å². The molecule has 4 atom stereocenters. The number of aromatic amines is 1.